The predicted octanol–water partition coefficient (Wildman–Crippen LogP) is 4.93. The molecular formula is C31H29FN4O4S. The van der Waals surface area contributed by atoms with Crippen LogP contribution in [0.4, 0.5) is 10.1 Å². The van der Waals surface area contributed by atoms with Crippen molar-refractivity contribution in [3.8, 4) is 6.01 Å². The van der Waals surface area contributed by atoms with Crippen LogP contribution in [-0.4, -0.2) is 31.4 Å². The first-order valence-corrected chi connectivity index (χ1v) is 14.9. The fraction of sp³-hybridized carbons (Fsp3) is 0.258. The molecule has 1 unspecified atom stereocenters. The van der Waals surface area contributed by atoms with E-state index in [0.717, 1.165) is 40.8 Å². The van der Waals surface area contributed by atoms with Gasteiger partial charge in [0.15, 0.2) is 0 Å². The van der Waals surface area contributed by atoms with Gasteiger partial charge in [-0.1, -0.05) is 36.4 Å². The van der Waals surface area contributed by atoms with Crippen molar-refractivity contribution in [1.29, 1.82) is 0 Å². The number of nitrogens with zero attached hydrogens (tertiary/aromatic N) is 3. The zero-order chi connectivity index (χ0) is 28.6. The van der Waals surface area contributed by atoms with Crippen LogP contribution in [0.15, 0.2) is 90.1 Å². The molecule has 1 aromatic heterocycles. The van der Waals surface area contributed by atoms with Crippen LogP contribution in [0.2, 0.25) is 0 Å². The lowest BCUT2D eigenvalue weighted by atomic mass is 10.1. The fourth-order valence-corrected chi connectivity index (χ4v) is 6.74. The molecule has 210 valence electrons. The lowest BCUT2D eigenvalue weighted by Gasteiger charge is -2.25. The van der Waals surface area contributed by atoms with Crippen molar-refractivity contribution in [1.82, 2.24) is 14.7 Å². The van der Waals surface area contributed by atoms with Gasteiger partial charge >= 0.3 is 6.01 Å². The first kappa shape index (κ1) is 27.0. The summed E-state index contributed by atoms with van der Waals surface area (Å²) in [6.45, 7) is 0.256. The molecule has 0 bridgehead atoms. The number of methoxy groups -OCH3 is 1. The van der Waals surface area contributed by atoms with Gasteiger partial charge in [0.1, 0.15) is 5.82 Å². The zero-order valence-corrected chi connectivity index (χ0v) is 23.2. The van der Waals surface area contributed by atoms with E-state index in [1.165, 1.54) is 19.2 Å². The van der Waals surface area contributed by atoms with E-state index in [0.29, 0.717) is 18.5 Å². The van der Waals surface area contributed by atoms with Crippen molar-refractivity contribution in [2.75, 3.05) is 12.0 Å². The van der Waals surface area contributed by atoms with Crippen molar-refractivity contribution in [2.45, 2.75) is 42.7 Å². The predicted molar refractivity (Wildman–Crippen MR) is 151 cm³/mol. The van der Waals surface area contributed by atoms with Gasteiger partial charge in [-0.15, -0.1) is 0 Å². The molecule has 4 aromatic rings. The van der Waals surface area contributed by atoms with Crippen LogP contribution in [0.1, 0.15) is 47.1 Å². The van der Waals surface area contributed by atoms with Crippen LogP contribution >= 0.6 is 0 Å². The van der Waals surface area contributed by atoms with Gasteiger partial charge in [-0.25, -0.2) is 27.5 Å². The largest absolute Gasteiger partial charge is 0.467 e. The van der Waals surface area contributed by atoms with E-state index < -0.39 is 21.9 Å². The maximum Gasteiger partial charge on any atom is 0.316 e. The fourth-order valence-electron chi connectivity index (χ4n) is 5.49. The van der Waals surface area contributed by atoms with E-state index in [2.05, 4.69) is 14.7 Å². The topological polar surface area (TPSA) is 101 Å². The number of rotatable bonds is 9. The second-order valence-electron chi connectivity index (χ2n) is 10.4. The minimum atomic E-state index is -3.87. The Labute approximate surface area is 238 Å². The number of benzene rings is 3. The summed E-state index contributed by atoms with van der Waals surface area (Å²) in [7, 11) is -2.38. The number of fused-ring (bicyclic) bond motifs is 1. The molecule has 1 heterocycles. The third kappa shape index (κ3) is 5.71. The lowest BCUT2D eigenvalue weighted by molar-refractivity contribution is -0.120. The van der Waals surface area contributed by atoms with Crippen molar-refractivity contribution in [2.24, 2.45) is 5.92 Å². The molecule has 0 aliphatic heterocycles. The number of nitrogens with one attached hydrogen (secondary N) is 1. The van der Waals surface area contributed by atoms with Gasteiger partial charge in [-0.05, 0) is 78.3 Å². The Balaban J connectivity index is 1.29. The molecule has 3 atom stereocenters. The Morgan fingerprint density at radius 3 is 2.49 bits per heavy atom. The number of sulfonamides is 1. The van der Waals surface area contributed by atoms with Crippen molar-refractivity contribution >= 4 is 21.6 Å². The average Bonchev–Trinajstić information content (AvgIpc) is 3.71. The summed E-state index contributed by atoms with van der Waals surface area (Å²) in [6.07, 6.45) is 5.33. The number of aryl methyl sites for hydroxylation is 1. The van der Waals surface area contributed by atoms with Crippen LogP contribution in [0, 0.1) is 11.7 Å². The highest BCUT2D eigenvalue weighted by molar-refractivity contribution is 7.89. The Hall–Kier alpha value is -4.15. The van der Waals surface area contributed by atoms with Crippen LogP contribution in [-0.2, 0) is 27.8 Å². The number of aromatic nitrogens is 2. The summed E-state index contributed by atoms with van der Waals surface area (Å²) in [4.78, 5) is 24.1. The van der Waals surface area contributed by atoms with Crippen LogP contribution in [0.25, 0.3) is 0 Å². The van der Waals surface area contributed by atoms with Gasteiger partial charge < -0.3 is 9.64 Å². The molecule has 0 spiro atoms. The summed E-state index contributed by atoms with van der Waals surface area (Å²) in [5.74, 6) is -0.506. The molecule has 2 aliphatic carbocycles. The quantitative estimate of drug-likeness (QED) is 0.305. The van der Waals surface area contributed by atoms with Gasteiger partial charge in [0.25, 0.3) is 0 Å². The summed E-state index contributed by atoms with van der Waals surface area (Å²) < 4.78 is 47.4. The number of ether oxygens (including phenoxy) is 1. The van der Waals surface area contributed by atoms with E-state index in [-0.39, 0.29) is 35.2 Å². The van der Waals surface area contributed by atoms with Crippen LogP contribution in [0.5, 0.6) is 6.01 Å². The van der Waals surface area contributed by atoms with Crippen molar-refractivity contribution in [3.63, 3.8) is 0 Å². The summed E-state index contributed by atoms with van der Waals surface area (Å²) in [5, 5.41) is 0. The van der Waals surface area contributed by atoms with E-state index in [4.69, 9.17) is 4.74 Å². The second-order valence-corrected chi connectivity index (χ2v) is 12.1. The number of halogens is 1. The summed E-state index contributed by atoms with van der Waals surface area (Å²) >= 11 is 0. The van der Waals surface area contributed by atoms with Gasteiger partial charge in [0, 0.05) is 35.6 Å². The van der Waals surface area contributed by atoms with E-state index in [9.17, 15) is 17.6 Å². The Bertz CT molecular complexity index is 1670. The lowest BCUT2D eigenvalue weighted by Crippen LogP contribution is -2.32. The monoisotopic (exact) mass is 572 g/mol. The third-order valence-corrected chi connectivity index (χ3v) is 9.23. The molecule has 1 N–H and O–H groups in total. The van der Waals surface area contributed by atoms with Gasteiger partial charge in [0.2, 0.25) is 15.9 Å². The molecule has 8 nitrogen and oxygen atoms in total. The van der Waals surface area contributed by atoms with Gasteiger partial charge in [-0.3, -0.25) is 4.79 Å². The Morgan fingerprint density at radius 2 is 1.78 bits per heavy atom. The average molecular weight is 573 g/mol. The standard InChI is InChI=1S/C31H29FN4O4S/c1-40-31-33-17-20(18-34-31)19-36(30(37)28-16-26(28)21-5-3-2-4-6-21)24-11-7-22-8-14-29(27(22)15-24)35-41(38,39)25-12-9-23(32)10-13-25/h2-7,9-13,15,17-18,26,28-29,35H,8,14,16,19H2,1H3/t26-,28+,29?/m0/s1. The molecule has 41 heavy (non-hydrogen) atoms. The van der Waals surface area contributed by atoms with Crippen LogP contribution in [0.3, 0.4) is 0 Å². The summed E-state index contributed by atoms with van der Waals surface area (Å²) in [6, 6.07) is 20.3. The molecule has 1 saturated carbocycles. The molecule has 0 saturated heterocycles. The molecular weight excluding hydrogens is 543 g/mol. The normalized spacial score (nSPS) is 19.4. The van der Waals surface area contributed by atoms with Crippen molar-refractivity contribution < 1.29 is 22.3 Å². The third-order valence-electron chi connectivity index (χ3n) is 7.75. The highest BCUT2D eigenvalue weighted by Crippen LogP contribution is 2.49. The maximum atomic E-state index is 14.0. The minimum Gasteiger partial charge on any atom is -0.467 e. The zero-order valence-electron chi connectivity index (χ0n) is 22.4. The maximum absolute atomic E-state index is 14.0. The molecule has 3 aromatic carbocycles. The van der Waals surface area contributed by atoms with Crippen molar-refractivity contribution in [3.05, 3.63) is 113 Å². The molecule has 6 rings (SSSR count). The van der Waals surface area contributed by atoms with E-state index in [1.54, 1.807) is 17.3 Å². The van der Waals surface area contributed by atoms with Gasteiger partial charge in [-0.2, -0.15) is 0 Å². The molecule has 0 radical (unpaired) electrons. The minimum absolute atomic E-state index is 0.000465. The number of hydrogen-bond acceptors (Lipinski definition) is 6. The number of carbonyl (C=O) groups is 1. The number of anilines is 1. The highest BCUT2D eigenvalue weighted by Gasteiger charge is 2.46. The Morgan fingerprint density at radius 1 is 1.05 bits per heavy atom. The number of carbonyl (C=O) groups excluding carboxylic acids is 1. The first-order chi connectivity index (χ1) is 19.8. The number of amides is 1. The van der Waals surface area contributed by atoms with Gasteiger partial charge in [0.05, 0.1) is 18.6 Å². The first-order valence-electron chi connectivity index (χ1n) is 13.4. The molecule has 2 aliphatic rings. The van der Waals surface area contributed by atoms with E-state index >= 15 is 0 Å². The highest BCUT2D eigenvalue weighted by atomic mass is 32.2. The molecule has 10 heteroatoms. The second kappa shape index (κ2) is 11.0. The summed E-state index contributed by atoms with van der Waals surface area (Å²) in [5.41, 5.74) is 4.41. The number of hydrogen-bond donors (Lipinski definition) is 1. The van der Waals surface area contributed by atoms with E-state index in [1.807, 2.05) is 48.5 Å². The SMILES string of the molecule is COc1ncc(CN(C(=O)[C@@H]2C[C@H]2c2ccccc2)c2ccc3c(c2)C(NS(=O)(=O)c2ccc(F)cc2)CC3)cn1. The van der Waals surface area contributed by atoms with Crippen LogP contribution < -0.4 is 14.4 Å². The molecule has 1 fully saturated rings. The Kier molecular flexibility index (Phi) is 7.27. The molecule has 1 amide bonds. The smallest absolute Gasteiger partial charge is 0.316 e.